The van der Waals surface area contributed by atoms with Gasteiger partial charge in [0, 0.05) is 39.1 Å². The molecule has 0 amide bonds. The first-order valence-corrected chi connectivity index (χ1v) is 9.45. The molecule has 0 bridgehead atoms. The smallest absolute Gasteiger partial charge is 0.194 e. The molecule has 0 saturated carbocycles. The number of nitrogens with one attached hydrogen (secondary N) is 1. The second-order valence-corrected chi connectivity index (χ2v) is 6.94. The minimum Gasteiger partial charge on any atom is -0.492 e. The first-order valence-electron chi connectivity index (χ1n) is 9.45. The van der Waals surface area contributed by atoms with Gasteiger partial charge < -0.3 is 24.4 Å². The molecule has 1 heterocycles. The molecule has 0 aliphatic carbocycles. The van der Waals surface area contributed by atoms with Crippen LogP contribution in [0.4, 0.5) is 0 Å². The molecule has 0 atom stereocenters. The number of rotatable bonds is 9. The third-order valence-corrected chi connectivity index (χ3v) is 4.26. The maximum absolute atomic E-state index is 5.82. The molecule has 0 saturated heterocycles. The van der Waals surface area contributed by atoms with E-state index in [0.717, 1.165) is 36.9 Å². The highest BCUT2D eigenvalue weighted by Crippen LogP contribution is 2.14. The van der Waals surface area contributed by atoms with Crippen molar-refractivity contribution < 1.29 is 4.74 Å². The first kappa shape index (κ1) is 20.8. The van der Waals surface area contributed by atoms with Crippen molar-refractivity contribution in [3.05, 3.63) is 53.9 Å². The van der Waals surface area contributed by atoms with Gasteiger partial charge in [-0.25, -0.2) is 4.99 Å². The fraction of sp³-hybridized carbons (Fsp3) is 0.476. The Bertz CT molecular complexity index is 723. The summed E-state index contributed by atoms with van der Waals surface area (Å²) in [6.07, 6.45) is 2.06. The van der Waals surface area contributed by atoms with Crippen LogP contribution in [-0.2, 0) is 20.1 Å². The van der Waals surface area contributed by atoms with E-state index in [1.165, 1.54) is 5.69 Å². The van der Waals surface area contributed by atoms with E-state index >= 15 is 0 Å². The van der Waals surface area contributed by atoms with E-state index in [9.17, 15) is 0 Å². The maximum atomic E-state index is 5.82. The third-order valence-electron chi connectivity index (χ3n) is 4.26. The van der Waals surface area contributed by atoms with Gasteiger partial charge in [0.2, 0.25) is 0 Å². The zero-order chi connectivity index (χ0) is 19.6. The number of aryl methyl sites for hydroxylation is 1. The highest BCUT2D eigenvalue weighted by Gasteiger charge is 2.08. The molecule has 0 fully saturated rings. The van der Waals surface area contributed by atoms with Gasteiger partial charge in [-0.1, -0.05) is 12.1 Å². The van der Waals surface area contributed by atoms with Gasteiger partial charge >= 0.3 is 0 Å². The lowest BCUT2D eigenvalue weighted by Gasteiger charge is -2.22. The minimum atomic E-state index is 0.616. The van der Waals surface area contributed by atoms with Crippen molar-refractivity contribution in [3.8, 4) is 5.75 Å². The Morgan fingerprint density at radius 1 is 1.19 bits per heavy atom. The van der Waals surface area contributed by atoms with E-state index < -0.39 is 0 Å². The van der Waals surface area contributed by atoms with E-state index in [2.05, 4.69) is 71.2 Å². The zero-order valence-electron chi connectivity index (χ0n) is 17.3. The van der Waals surface area contributed by atoms with Crippen LogP contribution in [0.3, 0.4) is 0 Å². The average molecular weight is 372 g/mol. The van der Waals surface area contributed by atoms with Crippen molar-refractivity contribution in [1.29, 1.82) is 0 Å². The number of nitrogens with zero attached hydrogens (tertiary/aromatic N) is 4. The summed E-state index contributed by atoms with van der Waals surface area (Å²) in [7, 11) is 8.22. The van der Waals surface area contributed by atoms with Crippen LogP contribution in [0.1, 0.15) is 18.2 Å². The van der Waals surface area contributed by atoms with Gasteiger partial charge in [-0.3, -0.25) is 0 Å². The van der Waals surface area contributed by atoms with Crippen molar-refractivity contribution >= 4 is 5.96 Å². The summed E-state index contributed by atoms with van der Waals surface area (Å²) in [6, 6.07) is 12.4. The Labute approximate surface area is 163 Å². The van der Waals surface area contributed by atoms with Gasteiger partial charge in [-0.15, -0.1) is 0 Å². The molecule has 0 aliphatic heterocycles. The number of guanidine groups is 1. The lowest BCUT2D eigenvalue weighted by molar-refractivity contribution is 0.261. The molecule has 0 radical (unpaired) electrons. The topological polar surface area (TPSA) is 45.0 Å². The largest absolute Gasteiger partial charge is 0.492 e. The quantitative estimate of drug-likeness (QED) is 0.544. The zero-order valence-corrected chi connectivity index (χ0v) is 17.3. The molecule has 1 aromatic carbocycles. The number of aliphatic imine (C=N–C) groups is 1. The molecule has 6 heteroatoms. The Morgan fingerprint density at radius 3 is 2.67 bits per heavy atom. The third kappa shape index (κ3) is 6.98. The molecular formula is C21H33N5O. The molecule has 2 aromatic rings. The highest BCUT2D eigenvalue weighted by molar-refractivity contribution is 5.79. The fourth-order valence-corrected chi connectivity index (χ4v) is 2.69. The number of likely N-dealkylation sites (N-methyl/N-ethyl adjacent to an activating group) is 1. The number of benzene rings is 1. The minimum absolute atomic E-state index is 0.616. The van der Waals surface area contributed by atoms with Crippen LogP contribution in [0.2, 0.25) is 0 Å². The summed E-state index contributed by atoms with van der Waals surface area (Å²) in [4.78, 5) is 9.06. The molecule has 148 valence electrons. The number of hydrogen-bond donors (Lipinski definition) is 1. The van der Waals surface area contributed by atoms with Crippen molar-refractivity contribution in [1.82, 2.24) is 19.7 Å². The van der Waals surface area contributed by atoms with Gasteiger partial charge in [0.15, 0.2) is 5.96 Å². The van der Waals surface area contributed by atoms with Gasteiger partial charge in [-0.05, 0) is 50.8 Å². The summed E-state index contributed by atoms with van der Waals surface area (Å²) in [5, 5.41) is 3.38. The number of hydrogen-bond acceptors (Lipinski definition) is 3. The number of aromatic nitrogens is 1. The number of ether oxygens (including phenoxy) is 1. The Morgan fingerprint density at radius 2 is 2.00 bits per heavy atom. The predicted octanol–water partition coefficient (Wildman–Crippen LogP) is 2.56. The van der Waals surface area contributed by atoms with E-state index in [1.807, 2.05) is 26.2 Å². The van der Waals surface area contributed by atoms with Crippen LogP contribution in [0, 0.1) is 0 Å². The lowest BCUT2D eigenvalue weighted by atomic mass is 10.2. The lowest BCUT2D eigenvalue weighted by Crippen LogP contribution is -2.38. The summed E-state index contributed by atoms with van der Waals surface area (Å²) < 4.78 is 7.96. The molecule has 0 unspecified atom stereocenters. The highest BCUT2D eigenvalue weighted by atomic mass is 16.5. The molecule has 6 nitrogen and oxygen atoms in total. The van der Waals surface area contributed by atoms with Crippen molar-refractivity contribution in [3.63, 3.8) is 0 Å². The molecule has 2 rings (SSSR count). The van der Waals surface area contributed by atoms with Crippen molar-refractivity contribution in [2.24, 2.45) is 12.0 Å². The molecule has 1 aromatic heterocycles. The normalized spacial score (nSPS) is 11.7. The first-order chi connectivity index (χ1) is 13.0. The van der Waals surface area contributed by atoms with E-state index in [4.69, 9.17) is 9.73 Å². The SMILES string of the molecule is CCNC(=NCc1cccc(OCCN(C)C)c1)N(C)Cc1cccn1C. The maximum Gasteiger partial charge on any atom is 0.194 e. The summed E-state index contributed by atoms with van der Waals surface area (Å²) in [5.41, 5.74) is 2.39. The van der Waals surface area contributed by atoms with Crippen LogP contribution in [0.5, 0.6) is 5.75 Å². The summed E-state index contributed by atoms with van der Waals surface area (Å²) >= 11 is 0. The molecule has 27 heavy (non-hydrogen) atoms. The van der Waals surface area contributed by atoms with Gasteiger partial charge in [0.25, 0.3) is 0 Å². The fourth-order valence-electron chi connectivity index (χ4n) is 2.69. The van der Waals surface area contributed by atoms with Gasteiger partial charge in [0.05, 0.1) is 13.1 Å². The van der Waals surface area contributed by atoms with Crippen LogP contribution in [-0.4, -0.2) is 61.2 Å². The second-order valence-electron chi connectivity index (χ2n) is 6.94. The molecule has 1 N–H and O–H groups in total. The summed E-state index contributed by atoms with van der Waals surface area (Å²) in [6.45, 7) is 5.93. The average Bonchev–Trinajstić information content (AvgIpc) is 3.03. The molecular weight excluding hydrogens is 338 g/mol. The Kier molecular flexibility index (Phi) is 8.20. The standard InChI is InChI=1S/C21H33N5O/c1-6-22-21(26(5)17-19-10-8-12-25(19)4)23-16-18-9-7-11-20(15-18)27-14-13-24(2)3/h7-12,15H,6,13-14,16-17H2,1-5H3,(H,22,23). The van der Waals surface area contributed by atoms with Gasteiger partial charge in [0.1, 0.15) is 12.4 Å². The van der Waals surface area contributed by atoms with E-state index in [1.54, 1.807) is 0 Å². The van der Waals surface area contributed by atoms with Crippen molar-refractivity contribution in [2.75, 3.05) is 40.8 Å². The predicted molar refractivity (Wildman–Crippen MR) is 112 cm³/mol. The Balaban J connectivity index is 2.00. The molecule has 0 spiro atoms. The van der Waals surface area contributed by atoms with Crippen LogP contribution < -0.4 is 10.1 Å². The second kappa shape index (κ2) is 10.6. The van der Waals surface area contributed by atoms with Crippen LogP contribution in [0.15, 0.2) is 47.6 Å². The molecule has 0 aliphatic rings. The van der Waals surface area contributed by atoms with E-state index in [0.29, 0.717) is 13.2 Å². The van der Waals surface area contributed by atoms with Crippen molar-refractivity contribution in [2.45, 2.75) is 20.0 Å². The van der Waals surface area contributed by atoms with Gasteiger partial charge in [-0.2, -0.15) is 0 Å². The monoisotopic (exact) mass is 371 g/mol. The van der Waals surface area contributed by atoms with Crippen LogP contribution >= 0.6 is 0 Å². The van der Waals surface area contributed by atoms with Crippen LogP contribution in [0.25, 0.3) is 0 Å². The Hall–Kier alpha value is -2.47. The van der Waals surface area contributed by atoms with E-state index in [-0.39, 0.29) is 0 Å². The summed E-state index contributed by atoms with van der Waals surface area (Å²) in [5.74, 6) is 1.80.